The Kier molecular flexibility index (Phi) is 5.97. The Morgan fingerprint density at radius 2 is 2.00 bits per heavy atom. The Balaban J connectivity index is 1.47. The number of hydrogen-bond donors (Lipinski definition) is 2. The van der Waals surface area contributed by atoms with Crippen molar-refractivity contribution in [1.29, 1.82) is 0 Å². The van der Waals surface area contributed by atoms with Crippen LogP contribution in [0.1, 0.15) is 17.3 Å². The number of hydrogen-bond acceptors (Lipinski definition) is 6. The van der Waals surface area contributed by atoms with E-state index in [2.05, 4.69) is 15.5 Å². The zero-order chi connectivity index (χ0) is 22.0. The number of nitrogens with one attached hydrogen (secondary N) is 1. The van der Waals surface area contributed by atoms with Crippen molar-refractivity contribution in [2.75, 3.05) is 11.1 Å². The fraction of sp³-hybridized carbons (Fsp3) is 0.143. The van der Waals surface area contributed by atoms with Crippen molar-refractivity contribution in [3.8, 4) is 11.6 Å². The number of nitrogens with zero attached hydrogens (tertiary/aromatic N) is 3. The maximum absolute atomic E-state index is 12.4. The van der Waals surface area contributed by atoms with Crippen molar-refractivity contribution in [3.05, 3.63) is 59.1 Å². The van der Waals surface area contributed by atoms with E-state index in [1.165, 1.54) is 23.9 Å². The van der Waals surface area contributed by atoms with Crippen molar-refractivity contribution in [1.82, 2.24) is 14.8 Å². The zero-order valence-corrected chi connectivity index (χ0v) is 17.9. The third-order valence-corrected chi connectivity index (χ3v) is 5.79. The molecule has 0 saturated carbocycles. The van der Waals surface area contributed by atoms with E-state index in [9.17, 15) is 9.59 Å². The molecule has 0 atom stereocenters. The van der Waals surface area contributed by atoms with Crippen LogP contribution in [0.5, 0.6) is 0 Å². The van der Waals surface area contributed by atoms with E-state index >= 15 is 0 Å². The smallest absolute Gasteiger partial charge is 0.337 e. The Labute approximate surface area is 186 Å². The summed E-state index contributed by atoms with van der Waals surface area (Å²) in [6.07, 6.45) is 0. The maximum atomic E-state index is 12.4. The van der Waals surface area contributed by atoms with Gasteiger partial charge in [0.2, 0.25) is 11.7 Å². The third kappa shape index (κ3) is 4.42. The Bertz CT molecular complexity index is 1250. The number of aromatic nitrogens is 3. The van der Waals surface area contributed by atoms with Gasteiger partial charge in [-0.2, -0.15) is 0 Å². The first-order valence-electron chi connectivity index (χ1n) is 9.34. The van der Waals surface area contributed by atoms with Crippen LogP contribution in [-0.2, 0) is 11.3 Å². The lowest BCUT2D eigenvalue weighted by Crippen LogP contribution is -2.15. The highest BCUT2D eigenvalue weighted by Gasteiger charge is 2.18. The van der Waals surface area contributed by atoms with Gasteiger partial charge in [0, 0.05) is 17.6 Å². The first kappa shape index (κ1) is 21.0. The number of carboxylic acid groups (broad SMARTS) is 1. The van der Waals surface area contributed by atoms with Crippen molar-refractivity contribution in [2.45, 2.75) is 18.6 Å². The summed E-state index contributed by atoms with van der Waals surface area (Å²) in [5, 5.41) is 21.9. The maximum Gasteiger partial charge on any atom is 0.337 e. The number of halogens is 1. The van der Waals surface area contributed by atoms with Crippen LogP contribution in [0.3, 0.4) is 0 Å². The molecule has 4 rings (SSSR count). The number of benzene rings is 2. The molecule has 10 heteroatoms. The Hall–Kier alpha value is -3.30. The number of carboxylic acids is 1. The highest BCUT2D eigenvalue weighted by Crippen LogP contribution is 2.29. The van der Waals surface area contributed by atoms with Gasteiger partial charge in [0.25, 0.3) is 0 Å². The molecule has 0 radical (unpaired) electrons. The first-order valence-corrected chi connectivity index (χ1v) is 10.7. The largest absolute Gasteiger partial charge is 0.478 e. The molecule has 0 unspecified atom stereocenters. The predicted octanol–water partition coefficient (Wildman–Crippen LogP) is 4.79. The minimum Gasteiger partial charge on any atom is -0.478 e. The van der Waals surface area contributed by atoms with Gasteiger partial charge in [0.1, 0.15) is 5.58 Å². The summed E-state index contributed by atoms with van der Waals surface area (Å²) in [5.41, 5.74) is 1.04. The van der Waals surface area contributed by atoms with Gasteiger partial charge in [-0.25, -0.2) is 4.79 Å². The highest BCUT2D eigenvalue weighted by molar-refractivity contribution is 7.99. The number of fused-ring (bicyclic) bond motifs is 1. The summed E-state index contributed by atoms with van der Waals surface area (Å²) in [5.74, 6) is -0.201. The minimum absolute atomic E-state index is 0.0727. The quantitative estimate of drug-likeness (QED) is 0.384. The standard InChI is InChI=1S/C21H17ClN4O4S/c1-2-26-19(17-9-12-5-3-4-6-16(12)30-17)24-25-21(26)31-11-18(27)23-13-7-8-15(22)14(10-13)20(28)29/h3-10H,2,11H2,1H3,(H,23,27)(H,28,29). The molecule has 4 aromatic rings. The van der Waals surface area contributed by atoms with E-state index in [1.54, 1.807) is 6.07 Å². The number of para-hydroxylation sites is 1. The lowest BCUT2D eigenvalue weighted by molar-refractivity contribution is -0.113. The van der Waals surface area contributed by atoms with Crippen molar-refractivity contribution in [2.24, 2.45) is 0 Å². The summed E-state index contributed by atoms with van der Waals surface area (Å²) < 4.78 is 7.76. The fourth-order valence-electron chi connectivity index (χ4n) is 3.05. The van der Waals surface area contributed by atoms with Gasteiger partial charge in [-0.15, -0.1) is 10.2 Å². The molecule has 1 amide bonds. The molecule has 0 fully saturated rings. The topological polar surface area (TPSA) is 110 Å². The predicted molar refractivity (Wildman–Crippen MR) is 119 cm³/mol. The molecule has 2 N–H and O–H groups in total. The molecule has 0 spiro atoms. The van der Waals surface area contributed by atoms with E-state index in [0.29, 0.717) is 29.0 Å². The molecule has 2 aromatic carbocycles. The number of anilines is 1. The molecule has 0 aliphatic heterocycles. The fourth-order valence-corrected chi connectivity index (χ4v) is 4.05. The molecule has 2 heterocycles. The number of rotatable bonds is 7. The van der Waals surface area contributed by atoms with Gasteiger partial charge < -0.3 is 14.8 Å². The molecule has 0 bridgehead atoms. The summed E-state index contributed by atoms with van der Waals surface area (Å²) in [7, 11) is 0. The van der Waals surface area contributed by atoms with Gasteiger partial charge in [0.05, 0.1) is 16.3 Å². The second kappa shape index (κ2) is 8.83. The van der Waals surface area contributed by atoms with E-state index in [-0.39, 0.29) is 22.2 Å². The highest BCUT2D eigenvalue weighted by atomic mass is 35.5. The summed E-state index contributed by atoms with van der Waals surface area (Å²) in [4.78, 5) is 23.5. The zero-order valence-electron chi connectivity index (χ0n) is 16.3. The van der Waals surface area contributed by atoms with E-state index < -0.39 is 5.97 Å². The molecule has 0 aliphatic rings. The van der Waals surface area contributed by atoms with Crippen molar-refractivity contribution < 1.29 is 19.1 Å². The van der Waals surface area contributed by atoms with E-state index in [1.807, 2.05) is 41.8 Å². The normalized spacial score (nSPS) is 11.0. The van der Waals surface area contributed by atoms with Crippen LogP contribution in [0.2, 0.25) is 5.02 Å². The summed E-state index contributed by atoms with van der Waals surface area (Å²) >= 11 is 7.09. The number of carbonyl (C=O) groups excluding carboxylic acids is 1. The van der Waals surface area contributed by atoms with Crippen LogP contribution >= 0.6 is 23.4 Å². The third-order valence-electron chi connectivity index (χ3n) is 4.49. The number of thioether (sulfide) groups is 1. The second-order valence-electron chi connectivity index (χ2n) is 6.54. The molecule has 31 heavy (non-hydrogen) atoms. The summed E-state index contributed by atoms with van der Waals surface area (Å²) in [6, 6.07) is 13.9. The van der Waals surface area contributed by atoms with E-state index in [0.717, 1.165) is 11.0 Å². The van der Waals surface area contributed by atoms with Crippen LogP contribution < -0.4 is 5.32 Å². The molecule has 8 nitrogen and oxygen atoms in total. The van der Waals surface area contributed by atoms with Crippen molar-refractivity contribution in [3.63, 3.8) is 0 Å². The molecule has 158 valence electrons. The monoisotopic (exact) mass is 456 g/mol. The summed E-state index contributed by atoms with van der Waals surface area (Å²) in [6.45, 7) is 2.56. The molecule has 0 saturated heterocycles. The van der Waals surface area contributed by atoms with Crippen LogP contribution in [-0.4, -0.2) is 37.5 Å². The van der Waals surface area contributed by atoms with Crippen LogP contribution in [0.4, 0.5) is 5.69 Å². The SMILES string of the molecule is CCn1c(SCC(=O)Nc2ccc(Cl)c(C(=O)O)c2)nnc1-c1cc2ccccc2o1. The number of aromatic carboxylic acids is 1. The number of carbonyl (C=O) groups is 2. The molecular formula is C21H17ClN4O4S. The van der Waals surface area contributed by atoms with Gasteiger partial charge in [-0.1, -0.05) is 41.6 Å². The number of furan rings is 1. The molecule has 0 aliphatic carbocycles. The van der Waals surface area contributed by atoms with Gasteiger partial charge in [0.15, 0.2) is 10.9 Å². The number of amides is 1. The van der Waals surface area contributed by atoms with Crippen molar-refractivity contribution >= 4 is 51.9 Å². The van der Waals surface area contributed by atoms with Gasteiger partial charge >= 0.3 is 5.97 Å². The van der Waals surface area contributed by atoms with E-state index in [4.69, 9.17) is 21.1 Å². The lowest BCUT2D eigenvalue weighted by Gasteiger charge is -2.08. The molecule has 2 aromatic heterocycles. The molecular weight excluding hydrogens is 440 g/mol. The Morgan fingerprint density at radius 3 is 2.74 bits per heavy atom. The van der Waals surface area contributed by atoms with Crippen LogP contribution in [0.25, 0.3) is 22.6 Å². The van der Waals surface area contributed by atoms with Crippen LogP contribution in [0.15, 0.2) is 58.1 Å². The van der Waals surface area contributed by atoms with Crippen LogP contribution in [0, 0.1) is 0 Å². The first-order chi connectivity index (χ1) is 15.0. The average molecular weight is 457 g/mol. The lowest BCUT2D eigenvalue weighted by atomic mass is 10.2. The Morgan fingerprint density at radius 1 is 1.19 bits per heavy atom. The second-order valence-corrected chi connectivity index (χ2v) is 7.89. The van der Waals surface area contributed by atoms with Gasteiger partial charge in [-0.05, 0) is 37.3 Å². The average Bonchev–Trinajstić information content (AvgIpc) is 3.36. The van der Waals surface area contributed by atoms with Gasteiger partial charge in [-0.3, -0.25) is 9.36 Å². The minimum atomic E-state index is -1.16.